The highest BCUT2D eigenvalue weighted by molar-refractivity contribution is 5.95. The van der Waals surface area contributed by atoms with Gasteiger partial charge in [-0.15, -0.1) is 0 Å². The molecule has 0 aliphatic carbocycles. The third-order valence-electron chi connectivity index (χ3n) is 4.75. The van der Waals surface area contributed by atoms with Crippen molar-refractivity contribution in [2.75, 3.05) is 18.0 Å². The average Bonchev–Trinajstić information content (AvgIpc) is 3.18. The van der Waals surface area contributed by atoms with E-state index in [2.05, 4.69) is 27.3 Å². The number of benzene rings is 2. The van der Waals surface area contributed by atoms with E-state index in [0.29, 0.717) is 5.56 Å². The minimum atomic E-state index is -0.0162. The van der Waals surface area contributed by atoms with Crippen molar-refractivity contribution < 1.29 is 4.79 Å². The molecule has 1 amide bonds. The molecule has 1 aliphatic rings. The number of hydrogen-bond donors (Lipinski definition) is 1. The number of nitrogens with one attached hydrogen (secondary N) is 1. The van der Waals surface area contributed by atoms with Gasteiger partial charge in [-0.1, -0.05) is 48.5 Å². The van der Waals surface area contributed by atoms with E-state index in [9.17, 15) is 4.79 Å². The third kappa shape index (κ3) is 3.59. The minimum Gasteiger partial charge on any atom is -0.354 e. The molecule has 1 saturated heterocycles. The van der Waals surface area contributed by atoms with Crippen molar-refractivity contribution in [3.05, 3.63) is 84.6 Å². The van der Waals surface area contributed by atoms with Crippen LogP contribution in [0.3, 0.4) is 0 Å². The molecule has 1 N–H and O–H groups in total. The van der Waals surface area contributed by atoms with Gasteiger partial charge in [-0.3, -0.25) is 4.79 Å². The fourth-order valence-corrected chi connectivity index (χ4v) is 3.34. The number of rotatable bonds is 4. The lowest BCUT2D eigenvalue weighted by molar-refractivity contribution is 0.0940. The fraction of sp³-hybridized carbons (Fsp3) is 0.182. The molecule has 4 nitrogen and oxygen atoms in total. The largest absolute Gasteiger partial charge is 0.354 e. The molecule has 0 spiro atoms. The second kappa shape index (κ2) is 7.40. The maximum absolute atomic E-state index is 12.5. The first kappa shape index (κ1) is 16.3. The van der Waals surface area contributed by atoms with Crippen LogP contribution in [0, 0.1) is 0 Å². The van der Waals surface area contributed by atoms with E-state index < -0.39 is 0 Å². The topological polar surface area (TPSA) is 45.2 Å². The van der Waals surface area contributed by atoms with Crippen LogP contribution < -0.4 is 10.2 Å². The van der Waals surface area contributed by atoms with Gasteiger partial charge in [-0.25, -0.2) is 4.98 Å². The van der Waals surface area contributed by atoms with E-state index in [-0.39, 0.29) is 11.9 Å². The molecule has 130 valence electrons. The molecule has 1 unspecified atom stereocenters. The molecule has 4 heteroatoms. The van der Waals surface area contributed by atoms with Crippen LogP contribution >= 0.6 is 0 Å². The van der Waals surface area contributed by atoms with Gasteiger partial charge < -0.3 is 10.2 Å². The summed E-state index contributed by atoms with van der Waals surface area (Å²) < 4.78 is 0. The van der Waals surface area contributed by atoms with Gasteiger partial charge in [0.2, 0.25) is 0 Å². The van der Waals surface area contributed by atoms with Gasteiger partial charge in [0, 0.05) is 30.9 Å². The van der Waals surface area contributed by atoms with E-state index >= 15 is 0 Å². The van der Waals surface area contributed by atoms with Crippen LogP contribution in [-0.4, -0.2) is 30.0 Å². The Morgan fingerprint density at radius 3 is 2.38 bits per heavy atom. The number of pyridine rings is 1. The lowest BCUT2D eigenvalue weighted by Crippen LogP contribution is -2.37. The molecule has 26 heavy (non-hydrogen) atoms. The van der Waals surface area contributed by atoms with Gasteiger partial charge in [-0.05, 0) is 41.8 Å². The third-order valence-corrected chi connectivity index (χ3v) is 4.75. The lowest BCUT2D eigenvalue weighted by atomic mass is 10.0. The summed E-state index contributed by atoms with van der Waals surface area (Å²) in [5, 5.41) is 3.15. The van der Waals surface area contributed by atoms with Gasteiger partial charge in [-0.2, -0.15) is 0 Å². The Kier molecular flexibility index (Phi) is 4.65. The first-order valence-electron chi connectivity index (χ1n) is 8.92. The molecule has 1 fully saturated rings. The van der Waals surface area contributed by atoms with Crippen LogP contribution in [0.5, 0.6) is 0 Å². The molecule has 0 saturated carbocycles. The summed E-state index contributed by atoms with van der Waals surface area (Å²) >= 11 is 0. The summed E-state index contributed by atoms with van der Waals surface area (Å²) in [5.74, 6) is 0.953. The predicted octanol–water partition coefficient (Wildman–Crippen LogP) is 3.76. The van der Waals surface area contributed by atoms with E-state index in [1.807, 2.05) is 60.7 Å². The smallest absolute Gasteiger partial charge is 0.251 e. The zero-order valence-electron chi connectivity index (χ0n) is 14.5. The second-order valence-electron chi connectivity index (χ2n) is 6.54. The van der Waals surface area contributed by atoms with E-state index in [4.69, 9.17) is 0 Å². The zero-order valence-corrected chi connectivity index (χ0v) is 14.5. The van der Waals surface area contributed by atoms with Gasteiger partial charge in [0.15, 0.2) is 0 Å². The number of carbonyl (C=O) groups is 1. The molecule has 2 heterocycles. The minimum absolute atomic E-state index is 0.0162. The molecule has 0 bridgehead atoms. The first-order valence-corrected chi connectivity index (χ1v) is 8.92. The standard InChI is InChI=1S/C22H21N3O/c26-22(19-11-9-18(10-12-19)17-6-2-1-3-7-17)24-20-13-15-25(16-20)21-8-4-5-14-23-21/h1-12,14,20H,13,15-16H2,(H,24,26). The Balaban J connectivity index is 1.38. The molecule has 2 aromatic carbocycles. The molecular formula is C22H21N3O. The van der Waals surface area contributed by atoms with Gasteiger partial charge in [0.1, 0.15) is 5.82 Å². The van der Waals surface area contributed by atoms with E-state index in [1.54, 1.807) is 6.20 Å². The quantitative estimate of drug-likeness (QED) is 0.784. The zero-order chi connectivity index (χ0) is 17.8. The number of carbonyl (C=O) groups excluding carboxylic acids is 1. The Morgan fingerprint density at radius 2 is 1.65 bits per heavy atom. The Morgan fingerprint density at radius 1 is 0.923 bits per heavy atom. The van der Waals surface area contributed by atoms with Crippen molar-refractivity contribution in [2.24, 2.45) is 0 Å². The number of hydrogen-bond acceptors (Lipinski definition) is 3. The second-order valence-corrected chi connectivity index (χ2v) is 6.54. The SMILES string of the molecule is O=C(NC1CCN(c2ccccn2)C1)c1ccc(-c2ccccc2)cc1. The summed E-state index contributed by atoms with van der Waals surface area (Å²) in [4.78, 5) is 19.1. The number of amides is 1. The number of anilines is 1. The highest BCUT2D eigenvalue weighted by Gasteiger charge is 2.24. The van der Waals surface area contributed by atoms with Gasteiger partial charge in [0.05, 0.1) is 0 Å². The molecule has 3 aromatic rings. The monoisotopic (exact) mass is 343 g/mol. The van der Waals surface area contributed by atoms with Crippen molar-refractivity contribution >= 4 is 11.7 Å². The highest BCUT2D eigenvalue weighted by Crippen LogP contribution is 2.20. The van der Waals surface area contributed by atoms with E-state index in [1.165, 1.54) is 0 Å². The van der Waals surface area contributed by atoms with Crippen molar-refractivity contribution in [3.63, 3.8) is 0 Å². The maximum atomic E-state index is 12.5. The van der Waals surface area contributed by atoms with Crippen LogP contribution in [0.1, 0.15) is 16.8 Å². The summed E-state index contributed by atoms with van der Waals surface area (Å²) in [6.07, 6.45) is 2.74. The number of nitrogens with zero attached hydrogens (tertiary/aromatic N) is 2. The van der Waals surface area contributed by atoms with E-state index in [0.717, 1.165) is 36.5 Å². The Bertz CT molecular complexity index is 863. The van der Waals surface area contributed by atoms with Crippen LogP contribution in [0.15, 0.2) is 79.0 Å². The van der Waals surface area contributed by atoms with Crippen molar-refractivity contribution in [1.29, 1.82) is 0 Å². The first-order chi connectivity index (χ1) is 12.8. The molecule has 4 rings (SSSR count). The molecule has 1 atom stereocenters. The summed E-state index contributed by atoms with van der Waals surface area (Å²) in [6, 6.07) is 24.0. The van der Waals surface area contributed by atoms with Gasteiger partial charge >= 0.3 is 0 Å². The lowest BCUT2D eigenvalue weighted by Gasteiger charge is -2.17. The molecule has 1 aromatic heterocycles. The van der Waals surface area contributed by atoms with Crippen LogP contribution in [-0.2, 0) is 0 Å². The van der Waals surface area contributed by atoms with Crippen molar-refractivity contribution in [3.8, 4) is 11.1 Å². The highest BCUT2D eigenvalue weighted by atomic mass is 16.1. The van der Waals surface area contributed by atoms with Crippen LogP contribution in [0.4, 0.5) is 5.82 Å². The summed E-state index contributed by atoms with van der Waals surface area (Å²) in [6.45, 7) is 1.71. The van der Waals surface area contributed by atoms with Crippen LogP contribution in [0.2, 0.25) is 0 Å². The average molecular weight is 343 g/mol. The summed E-state index contributed by atoms with van der Waals surface area (Å²) in [5.41, 5.74) is 2.96. The Hall–Kier alpha value is -3.14. The Labute approximate surface area is 153 Å². The van der Waals surface area contributed by atoms with Crippen LogP contribution in [0.25, 0.3) is 11.1 Å². The fourth-order valence-electron chi connectivity index (χ4n) is 3.34. The molecule has 1 aliphatic heterocycles. The predicted molar refractivity (Wildman–Crippen MR) is 104 cm³/mol. The maximum Gasteiger partial charge on any atom is 0.251 e. The van der Waals surface area contributed by atoms with Crippen molar-refractivity contribution in [1.82, 2.24) is 10.3 Å². The molecular weight excluding hydrogens is 322 g/mol. The summed E-state index contributed by atoms with van der Waals surface area (Å²) in [7, 11) is 0. The normalized spacial score (nSPS) is 16.5. The van der Waals surface area contributed by atoms with Crippen molar-refractivity contribution in [2.45, 2.75) is 12.5 Å². The molecule has 0 radical (unpaired) electrons. The van der Waals surface area contributed by atoms with Gasteiger partial charge in [0.25, 0.3) is 5.91 Å². The number of aromatic nitrogens is 1.